The molecule has 0 aliphatic carbocycles. The predicted octanol–water partition coefficient (Wildman–Crippen LogP) is -0.870. The van der Waals surface area contributed by atoms with E-state index < -0.39 is 54.3 Å². The van der Waals surface area contributed by atoms with Crippen LogP contribution in [0.25, 0.3) is 10.9 Å². The van der Waals surface area contributed by atoms with Crippen LogP contribution in [0.3, 0.4) is 0 Å². The number of benzene rings is 1. The summed E-state index contributed by atoms with van der Waals surface area (Å²) in [7, 11) is 0. The Labute approximate surface area is 202 Å². The smallest absolute Gasteiger partial charge is 0.322 e. The Morgan fingerprint density at radius 2 is 1.71 bits per heavy atom. The molecule has 190 valence electrons. The first-order valence-electron chi connectivity index (χ1n) is 11.2. The summed E-state index contributed by atoms with van der Waals surface area (Å²) in [6.45, 7) is 2.79. The lowest BCUT2D eigenvalue weighted by molar-refractivity contribution is -0.139. The minimum Gasteiger partial charge on any atom is -0.480 e. The Bertz CT molecular complexity index is 1080. The number of aliphatic carboxylic acids is 1. The second-order valence-electron chi connectivity index (χ2n) is 8.58. The maximum Gasteiger partial charge on any atom is 0.322 e. The number of hydrogen-bond acceptors (Lipinski definition) is 6. The number of H-pyrrole nitrogens is 1. The van der Waals surface area contributed by atoms with E-state index in [4.69, 9.17) is 16.6 Å². The number of hydrogen-bond donors (Lipinski definition) is 7. The summed E-state index contributed by atoms with van der Waals surface area (Å²) in [6, 6.07) is 4.23. The highest BCUT2D eigenvalue weighted by atomic mass is 16.4. The SMILES string of the molecule is CC(C)C(NC(=O)C(Cc1c[nH]c2ccccc12)NC(=O)C(N)CCC(N)=O)C(=O)NCC(=O)O. The molecule has 0 saturated carbocycles. The second-order valence-corrected chi connectivity index (χ2v) is 8.58. The zero-order valence-corrected chi connectivity index (χ0v) is 19.7. The fourth-order valence-corrected chi connectivity index (χ4v) is 3.50. The maximum absolute atomic E-state index is 13.2. The van der Waals surface area contributed by atoms with Crippen molar-refractivity contribution in [2.75, 3.05) is 6.54 Å². The van der Waals surface area contributed by atoms with Gasteiger partial charge in [-0.1, -0.05) is 32.0 Å². The van der Waals surface area contributed by atoms with Gasteiger partial charge in [-0.15, -0.1) is 0 Å². The van der Waals surface area contributed by atoms with Gasteiger partial charge in [0.1, 0.15) is 18.6 Å². The zero-order chi connectivity index (χ0) is 26.1. The fraction of sp³-hybridized carbons (Fsp3) is 0.435. The minimum absolute atomic E-state index is 0.00873. The Kier molecular flexibility index (Phi) is 9.76. The molecule has 0 aliphatic rings. The molecule has 12 nitrogen and oxygen atoms in total. The molecule has 2 rings (SSSR count). The number of amides is 4. The number of para-hydroxylation sites is 1. The number of carbonyl (C=O) groups excluding carboxylic acids is 4. The first kappa shape index (κ1) is 27.3. The van der Waals surface area contributed by atoms with E-state index in [1.54, 1.807) is 20.0 Å². The Morgan fingerprint density at radius 3 is 2.34 bits per heavy atom. The first-order chi connectivity index (χ1) is 16.5. The van der Waals surface area contributed by atoms with Gasteiger partial charge in [-0.05, 0) is 24.0 Å². The second kappa shape index (κ2) is 12.5. The van der Waals surface area contributed by atoms with Crippen LogP contribution < -0.4 is 27.4 Å². The fourth-order valence-electron chi connectivity index (χ4n) is 3.50. The largest absolute Gasteiger partial charge is 0.480 e. The third kappa shape index (κ3) is 8.10. The van der Waals surface area contributed by atoms with Crippen molar-refractivity contribution < 1.29 is 29.1 Å². The van der Waals surface area contributed by atoms with Gasteiger partial charge in [0.2, 0.25) is 23.6 Å². The van der Waals surface area contributed by atoms with E-state index in [1.165, 1.54) is 0 Å². The molecule has 0 aliphatic heterocycles. The summed E-state index contributed by atoms with van der Waals surface area (Å²) in [6.07, 6.45) is 1.73. The van der Waals surface area contributed by atoms with Crippen LogP contribution >= 0.6 is 0 Å². The monoisotopic (exact) mass is 488 g/mol. The zero-order valence-electron chi connectivity index (χ0n) is 19.7. The van der Waals surface area contributed by atoms with Crippen LogP contribution in [0.1, 0.15) is 32.3 Å². The first-order valence-corrected chi connectivity index (χ1v) is 11.2. The molecule has 0 radical (unpaired) electrons. The number of carbonyl (C=O) groups is 5. The summed E-state index contributed by atoms with van der Waals surface area (Å²) in [5, 5.41) is 17.2. The molecular weight excluding hydrogens is 456 g/mol. The lowest BCUT2D eigenvalue weighted by atomic mass is 10.00. The number of aromatic nitrogens is 1. The molecule has 1 heterocycles. The molecule has 0 saturated heterocycles. The van der Waals surface area contributed by atoms with Gasteiger partial charge in [0.25, 0.3) is 0 Å². The van der Waals surface area contributed by atoms with Crippen LogP contribution in [0.15, 0.2) is 30.5 Å². The van der Waals surface area contributed by atoms with Crippen molar-refractivity contribution in [2.24, 2.45) is 17.4 Å². The summed E-state index contributed by atoms with van der Waals surface area (Å²) >= 11 is 0. The average molecular weight is 489 g/mol. The molecule has 2 aromatic rings. The van der Waals surface area contributed by atoms with E-state index in [2.05, 4.69) is 20.9 Å². The van der Waals surface area contributed by atoms with Gasteiger partial charge in [0.15, 0.2) is 0 Å². The molecule has 0 bridgehead atoms. The lowest BCUT2D eigenvalue weighted by Gasteiger charge is -2.26. The summed E-state index contributed by atoms with van der Waals surface area (Å²) in [5.74, 6) is -4.14. The van der Waals surface area contributed by atoms with Gasteiger partial charge in [-0.3, -0.25) is 24.0 Å². The standard InChI is InChI=1S/C23H32N6O6/c1-12(2)20(23(35)27-11-19(31)32)29-22(34)17(28-21(33)15(24)7-8-18(25)30)9-13-10-26-16-6-4-3-5-14(13)16/h3-6,10,12,15,17,20,26H,7-9,11,24H2,1-2H3,(H2,25,30)(H,27,35)(H,28,33)(H,29,34)(H,31,32). The minimum atomic E-state index is -1.22. The van der Waals surface area contributed by atoms with E-state index in [9.17, 15) is 24.0 Å². The quantitative estimate of drug-likeness (QED) is 0.189. The predicted molar refractivity (Wildman–Crippen MR) is 128 cm³/mol. The molecule has 1 aromatic heterocycles. The van der Waals surface area contributed by atoms with Crippen LogP contribution in [0.5, 0.6) is 0 Å². The lowest BCUT2D eigenvalue weighted by Crippen LogP contribution is -2.57. The van der Waals surface area contributed by atoms with Crippen molar-refractivity contribution in [1.29, 1.82) is 0 Å². The number of carboxylic acid groups (broad SMARTS) is 1. The van der Waals surface area contributed by atoms with Crippen molar-refractivity contribution >= 4 is 40.5 Å². The Hall–Kier alpha value is -3.93. The maximum atomic E-state index is 13.2. The normalized spacial score (nSPS) is 13.6. The third-order valence-corrected chi connectivity index (χ3v) is 5.43. The highest BCUT2D eigenvalue weighted by Crippen LogP contribution is 2.19. The van der Waals surface area contributed by atoms with E-state index in [0.717, 1.165) is 16.5 Å². The van der Waals surface area contributed by atoms with Gasteiger partial charge < -0.3 is 37.5 Å². The number of rotatable bonds is 13. The molecule has 9 N–H and O–H groups in total. The number of nitrogens with one attached hydrogen (secondary N) is 4. The van der Waals surface area contributed by atoms with Crippen molar-refractivity contribution in [3.8, 4) is 0 Å². The Balaban J connectivity index is 2.24. The van der Waals surface area contributed by atoms with E-state index in [0.29, 0.717) is 0 Å². The van der Waals surface area contributed by atoms with Crippen molar-refractivity contribution in [3.63, 3.8) is 0 Å². The van der Waals surface area contributed by atoms with Gasteiger partial charge in [0.05, 0.1) is 6.04 Å². The molecule has 1 aromatic carbocycles. The molecule has 12 heteroatoms. The number of primary amides is 1. The van der Waals surface area contributed by atoms with Gasteiger partial charge in [-0.2, -0.15) is 0 Å². The summed E-state index contributed by atoms with van der Waals surface area (Å²) in [5.41, 5.74) is 12.6. The van der Waals surface area contributed by atoms with Gasteiger partial charge >= 0.3 is 5.97 Å². The van der Waals surface area contributed by atoms with E-state index >= 15 is 0 Å². The van der Waals surface area contributed by atoms with Crippen LogP contribution in [-0.4, -0.2) is 64.4 Å². The molecule has 3 atom stereocenters. The highest BCUT2D eigenvalue weighted by molar-refractivity contribution is 5.94. The summed E-state index contributed by atoms with van der Waals surface area (Å²) in [4.78, 5) is 63.3. The molecular formula is C23H32N6O6. The Morgan fingerprint density at radius 1 is 1.03 bits per heavy atom. The van der Waals surface area contributed by atoms with Crippen LogP contribution in [0.2, 0.25) is 0 Å². The molecule has 3 unspecified atom stereocenters. The van der Waals surface area contributed by atoms with Crippen molar-refractivity contribution in [2.45, 2.75) is 51.2 Å². The van der Waals surface area contributed by atoms with Crippen LogP contribution in [0.4, 0.5) is 0 Å². The topological polar surface area (TPSA) is 209 Å². The van der Waals surface area contributed by atoms with E-state index in [-0.39, 0.29) is 25.2 Å². The van der Waals surface area contributed by atoms with Gasteiger partial charge in [-0.25, -0.2) is 0 Å². The average Bonchev–Trinajstić information content (AvgIpc) is 3.21. The van der Waals surface area contributed by atoms with Crippen LogP contribution in [-0.2, 0) is 30.4 Å². The van der Waals surface area contributed by atoms with Gasteiger partial charge in [0, 0.05) is 29.9 Å². The number of aromatic amines is 1. The van der Waals surface area contributed by atoms with Crippen molar-refractivity contribution in [1.82, 2.24) is 20.9 Å². The summed E-state index contributed by atoms with van der Waals surface area (Å²) < 4.78 is 0. The van der Waals surface area contributed by atoms with Crippen molar-refractivity contribution in [3.05, 3.63) is 36.0 Å². The molecule has 4 amide bonds. The molecule has 0 spiro atoms. The van der Waals surface area contributed by atoms with Crippen LogP contribution in [0, 0.1) is 5.92 Å². The number of carboxylic acids is 1. The number of nitrogens with two attached hydrogens (primary N) is 2. The molecule has 0 fully saturated rings. The number of fused-ring (bicyclic) bond motifs is 1. The third-order valence-electron chi connectivity index (χ3n) is 5.43. The molecule has 35 heavy (non-hydrogen) atoms. The highest BCUT2D eigenvalue weighted by Gasteiger charge is 2.30. The van der Waals surface area contributed by atoms with E-state index in [1.807, 2.05) is 24.3 Å².